The predicted molar refractivity (Wildman–Crippen MR) is 115 cm³/mol. The molecule has 0 fully saturated rings. The molecule has 0 amide bonds. The van der Waals surface area contributed by atoms with E-state index in [1.54, 1.807) is 6.07 Å². The molecule has 2 aromatic carbocycles. The van der Waals surface area contributed by atoms with Crippen molar-refractivity contribution < 1.29 is 9.84 Å². The van der Waals surface area contributed by atoms with Crippen LogP contribution in [0.4, 0.5) is 0 Å². The summed E-state index contributed by atoms with van der Waals surface area (Å²) in [5, 5.41) is 10.4. The lowest BCUT2D eigenvalue weighted by Gasteiger charge is -2.27. The molecule has 2 aromatic rings. The first kappa shape index (κ1) is 20.2. The summed E-state index contributed by atoms with van der Waals surface area (Å²) in [4.78, 5) is 2.35. The van der Waals surface area contributed by atoms with Crippen molar-refractivity contribution in [2.24, 2.45) is 0 Å². The molecule has 3 rings (SSSR count). The minimum Gasteiger partial charge on any atom is -0.508 e. The van der Waals surface area contributed by atoms with Crippen molar-refractivity contribution in [3.05, 3.63) is 89.1 Å². The van der Waals surface area contributed by atoms with E-state index in [1.165, 1.54) is 11.1 Å². The molecule has 0 heterocycles. The fraction of sp³-hybridized carbons (Fsp3) is 0.320. The Labute approximate surface area is 169 Å². The SMILES string of the molecule is CC1=C[CH]CC(C)=C1Oc1ccc(O)c(CN(Cc2ccccc2)C(C)C)c1. The van der Waals surface area contributed by atoms with Crippen LogP contribution in [0, 0.1) is 6.42 Å². The summed E-state index contributed by atoms with van der Waals surface area (Å²) in [6.45, 7) is 10.0. The number of allylic oxidation sites excluding steroid dienone is 3. The highest BCUT2D eigenvalue weighted by Crippen LogP contribution is 2.31. The lowest BCUT2D eigenvalue weighted by molar-refractivity contribution is 0.201. The second-order valence-corrected chi connectivity index (χ2v) is 7.78. The summed E-state index contributed by atoms with van der Waals surface area (Å²) in [5.41, 5.74) is 4.50. The summed E-state index contributed by atoms with van der Waals surface area (Å²) in [5.74, 6) is 2.00. The zero-order valence-corrected chi connectivity index (χ0v) is 17.3. The van der Waals surface area contributed by atoms with Crippen LogP contribution in [-0.4, -0.2) is 16.0 Å². The number of aromatic hydroxyl groups is 1. The Balaban J connectivity index is 1.79. The van der Waals surface area contributed by atoms with Gasteiger partial charge < -0.3 is 9.84 Å². The zero-order chi connectivity index (χ0) is 20.1. The van der Waals surface area contributed by atoms with E-state index in [0.717, 1.165) is 35.6 Å². The van der Waals surface area contributed by atoms with Crippen LogP contribution in [0.1, 0.15) is 45.2 Å². The quantitative estimate of drug-likeness (QED) is 0.642. The van der Waals surface area contributed by atoms with E-state index < -0.39 is 0 Å². The minimum absolute atomic E-state index is 0.306. The van der Waals surface area contributed by atoms with Gasteiger partial charge in [0.05, 0.1) is 0 Å². The van der Waals surface area contributed by atoms with Crippen LogP contribution in [0.15, 0.2) is 71.5 Å². The summed E-state index contributed by atoms with van der Waals surface area (Å²) in [6, 6.07) is 16.3. The number of benzene rings is 2. The smallest absolute Gasteiger partial charge is 0.128 e. The van der Waals surface area contributed by atoms with Gasteiger partial charge in [-0.25, -0.2) is 0 Å². The van der Waals surface area contributed by atoms with Crippen LogP contribution >= 0.6 is 0 Å². The standard InChI is InChI=1S/C25H30NO2/c1-18(2)26(16-21-11-6-5-7-12-21)17-22-15-23(13-14-24(22)27)28-25-19(3)9-8-10-20(25)4/h5-9,11-15,18,27H,10,16-17H2,1-4H3. The first-order valence-electron chi connectivity index (χ1n) is 9.92. The van der Waals surface area contributed by atoms with Gasteiger partial charge in [-0.05, 0) is 75.4 Å². The van der Waals surface area contributed by atoms with E-state index in [0.29, 0.717) is 18.3 Å². The average molecular weight is 377 g/mol. The van der Waals surface area contributed by atoms with Crippen LogP contribution in [0.3, 0.4) is 0 Å². The number of phenols is 1. The number of hydrogen-bond acceptors (Lipinski definition) is 3. The number of hydrogen-bond donors (Lipinski definition) is 1. The Morgan fingerprint density at radius 1 is 1.04 bits per heavy atom. The van der Waals surface area contributed by atoms with Crippen LogP contribution in [-0.2, 0) is 13.1 Å². The molecule has 3 heteroatoms. The maximum atomic E-state index is 10.4. The fourth-order valence-corrected chi connectivity index (χ4v) is 3.41. The van der Waals surface area contributed by atoms with Gasteiger partial charge in [0.2, 0.25) is 0 Å². The second kappa shape index (κ2) is 9.11. The topological polar surface area (TPSA) is 32.7 Å². The van der Waals surface area contributed by atoms with Gasteiger partial charge in [-0.15, -0.1) is 0 Å². The minimum atomic E-state index is 0.306. The van der Waals surface area contributed by atoms with Crippen molar-refractivity contribution in [3.63, 3.8) is 0 Å². The first-order valence-corrected chi connectivity index (χ1v) is 9.92. The molecular weight excluding hydrogens is 346 g/mol. The van der Waals surface area contributed by atoms with Crippen molar-refractivity contribution >= 4 is 0 Å². The molecule has 3 nitrogen and oxygen atoms in total. The Hall–Kier alpha value is -2.52. The van der Waals surface area contributed by atoms with Gasteiger partial charge in [0.25, 0.3) is 0 Å². The maximum absolute atomic E-state index is 10.4. The van der Waals surface area contributed by atoms with Crippen molar-refractivity contribution in [2.75, 3.05) is 0 Å². The molecule has 0 bridgehead atoms. The van der Waals surface area contributed by atoms with Gasteiger partial charge in [-0.1, -0.05) is 36.4 Å². The highest BCUT2D eigenvalue weighted by Gasteiger charge is 2.16. The van der Waals surface area contributed by atoms with Gasteiger partial charge >= 0.3 is 0 Å². The van der Waals surface area contributed by atoms with Crippen LogP contribution in [0.2, 0.25) is 0 Å². The molecule has 1 aliphatic carbocycles. The average Bonchev–Trinajstić information content (AvgIpc) is 2.67. The molecule has 0 aromatic heterocycles. The molecule has 28 heavy (non-hydrogen) atoms. The Morgan fingerprint density at radius 2 is 1.79 bits per heavy atom. The fourth-order valence-electron chi connectivity index (χ4n) is 3.41. The van der Waals surface area contributed by atoms with Crippen molar-refractivity contribution in [1.82, 2.24) is 4.90 Å². The summed E-state index contributed by atoms with van der Waals surface area (Å²) >= 11 is 0. The molecule has 1 aliphatic rings. The molecule has 0 spiro atoms. The second-order valence-electron chi connectivity index (χ2n) is 7.78. The monoisotopic (exact) mass is 376 g/mol. The highest BCUT2D eigenvalue weighted by molar-refractivity contribution is 5.43. The highest BCUT2D eigenvalue weighted by atomic mass is 16.5. The van der Waals surface area contributed by atoms with Crippen molar-refractivity contribution in [2.45, 2.75) is 53.2 Å². The van der Waals surface area contributed by atoms with Crippen LogP contribution < -0.4 is 4.74 Å². The zero-order valence-electron chi connectivity index (χ0n) is 17.3. The van der Waals surface area contributed by atoms with Gasteiger partial charge in [0, 0.05) is 24.7 Å². The molecule has 147 valence electrons. The number of phenolic OH excluding ortho intramolecular Hbond substituents is 1. The van der Waals surface area contributed by atoms with Gasteiger partial charge in [0.1, 0.15) is 17.3 Å². The third kappa shape index (κ3) is 5.05. The van der Waals surface area contributed by atoms with E-state index >= 15 is 0 Å². The first-order chi connectivity index (χ1) is 13.4. The third-order valence-corrected chi connectivity index (χ3v) is 5.14. The van der Waals surface area contributed by atoms with Crippen molar-refractivity contribution in [1.29, 1.82) is 0 Å². The lowest BCUT2D eigenvalue weighted by atomic mass is 9.99. The molecule has 0 saturated heterocycles. The Kier molecular flexibility index (Phi) is 6.58. The lowest BCUT2D eigenvalue weighted by Crippen LogP contribution is -2.29. The maximum Gasteiger partial charge on any atom is 0.128 e. The molecule has 0 unspecified atom stereocenters. The molecule has 0 aliphatic heterocycles. The van der Waals surface area contributed by atoms with E-state index in [9.17, 15) is 5.11 Å². The van der Waals surface area contributed by atoms with E-state index in [4.69, 9.17) is 4.74 Å². The van der Waals surface area contributed by atoms with E-state index in [-0.39, 0.29) is 0 Å². The summed E-state index contributed by atoms with van der Waals surface area (Å²) in [7, 11) is 0. The molecule has 1 radical (unpaired) electrons. The van der Waals surface area contributed by atoms with E-state index in [1.807, 2.05) is 18.2 Å². The summed E-state index contributed by atoms with van der Waals surface area (Å²) < 4.78 is 6.20. The van der Waals surface area contributed by atoms with Crippen molar-refractivity contribution in [3.8, 4) is 11.5 Å². The molecule has 1 N–H and O–H groups in total. The largest absolute Gasteiger partial charge is 0.508 e. The molecule has 0 atom stereocenters. The molecule has 0 saturated carbocycles. The molecular formula is C25H30NO2. The van der Waals surface area contributed by atoms with Gasteiger partial charge in [0.15, 0.2) is 0 Å². The van der Waals surface area contributed by atoms with Crippen LogP contribution in [0.5, 0.6) is 11.5 Å². The number of nitrogens with zero attached hydrogens (tertiary/aromatic N) is 1. The number of ether oxygens (including phenoxy) is 1. The predicted octanol–water partition coefficient (Wildman–Crippen LogP) is 6.01. The normalized spacial score (nSPS) is 14.6. The van der Waals surface area contributed by atoms with Gasteiger partial charge in [-0.3, -0.25) is 4.90 Å². The van der Waals surface area contributed by atoms with E-state index in [2.05, 4.69) is 69.4 Å². The Bertz CT molecular complexity index is 865. The Morgan fingerprint density at radius 3 is 2.46 bits per heavy atom. The summed E-state index contributed by atoms with van der Waals surface area (Å²) in [6.07, 6.45) is 5.17. The number of rotatable bonds is 7. The van der Waals surface area contributed by atoms with Gasteiger partial charge in [-0.2, -0.15) is 0 Å². The van der Waals surface area contributed by atoms with Crippen LogP contribution in [0.25, 0.3) is 0 Å². The third-order valence-electron chi connectivity index (χ3n) is 5.14.